The molecule has 0 aliphatic rings. The average molecular weight is 485 g/mol. The minimum atomic E-state index is 0. The van der Waals surface area contributed by atoms with E-state index in [0.717, 1.165) is 58.7 Å². The molecule has 1 rings (SSSR count). The Balaban J connectivity index is -0.00000192. The Morgan fingerprint density at radius 2 is 1.33 bits per heavy atom. The summed E-state index contributed by atoms with van der Waals surface area (Å²) in [5, 5.41) is 6.93. The van der Waals surface area contributed by atoms with Gasteiger partial charge in [-0.15, -0.1) is 60.4 Å². The molecule has 0 aliphatic carbocycles. The van der Waals surface area contributed by atoms with Gasteiger partial charge in [-0.3, -0.25) is 0 Å². The van der Waals surface area contributed by atoms with Crippen molar-refractivity contribution in [3.8, 4) is 0 Å². The number of hydrogen-bond donors (Lipinski definition) is 3. The summed E-state index contributed by atoms with van der Waals surface area (Å²) in [6, 6.07) is 8.63. The van der Waals surface area contributed by atoms with Crippen LogP contribution in [-0.4, -0.2) is 51.0 Å². The Bertz CT molecular complexity index is 403. The van der Waals surface area contributed by atoms with Gasteiger partial charge in [-0.2, -0.15) is 0 Å². The van der Waals surface area contributed by atoms with Crippen LogP contribution in [0.1, 0.15) is 24.8 Å². The number of unbranched alkanes of at least 4 members (excludes halogenated alkanes) is 1. The van der Waals surface area contributed by atoms with Crippen LogP contribution in [0.2, 0.25) is 0 Å². The number of anilines is 1. The molecule has 0 radical (unpaired) electrons. The van der Waals surface area contributed by atoms with E-state index in [4.69, 9.17) is 28.9 Å². The van der Waals surface area contributed by atoms with Gasteiger partial charge in [0.05, 0.1) is 0 Å². The molecular weight excluding hydrogens is 449 g/mol. The molecule has 0 bridgehead atoms. The first-order valence-corrected chi connectivity index (χ1v) is 9.96. The lowest BCUT2D eigenvalue weighted by molar-refractivity contribution is 0.576. The fourth-order valence-corrected chi connectivity index (χ4v) is 2.90. The van der Waals surface area contributed by atoms with Crippen molar-refractivity contribution in [3.05, 3.63) is 29.8 Å². The maximum atomic E-state index is 5.85. The highest BCUT2D eigenvalue weighted by Crippen LogP contribution is 2.15. The van der Waals surface area contributed by atoms with Crippen molar-refractivity contribution in [2.45, 2.75) is 25.8 Å². The molecule has 1 aromatic carbocycles. The first-order valence-electron chi connectivity index (χ1n) is 8.89. The Morgan fingerprint density at radius 3 is 1.89 bits per heavy atom. The molecule has 0 heterocycles. The van der Waals surface area contributed by atoms with Gasteiger partial charge < -0.3 is 21.3 Å². The SMILES string of the molecule is Cl.Cl.Cl.NCCCCNCCCNCc1ccc(N(CCCl)CCCl)cc1. The van der Waals surface area contributed by atoms with Crippen molar-refractivity contribution in [2.24, 2.45) is 5.73 Å². The summed E-state index contributed by atoms with van der Waals surface area (Å²) in [7, 11) is 0. The van der Waals surface area contributed by atoms with Crippen molar-refractivity contribution in [1.82, 2.24) is 10.6 Å². The van der Waals surface area contributed by atoms with Crippen LogP contribution in [0.5, 0.6) is 0 Å². The molecule has 27 heavy (non-hydrogen) atoms. The van der Waals surface area contributed by atoms with Gasteiger partial charge in [-0.1, -0.05) is 12.1 Å². The van der Waals surface area contributed by atoms with Gasteiger partial charge in [0.1, 0.15) is 0 Å². The summed E-state index contributed by atoms with van der Waals surface area (Å²) in [4.78, 5) is 2.22. The minimum Gasteiger partial charge on any atom is -0.369 e. The molecule has 0 aliphatic heterocycles. The number of hydrogen-bond acceptors (Lipinski definition) is 4. The molecule has 4 nitrogen and oxygen atoms in total. The Morgan fingerprint density at radius 1 is 0.778 bits per heavy atom. The van der Waals surface area contributed by atoms with Crippen LogP contribution in [0.4, 0.5) is 5.69 Å². The zero-order chi connectivity index (χ0) is 17.5. The molecule has 0 fully saturated rings. The van der Waals surface area contributed by atoms with E-state index >= 15 is 0 Å². The van der Waals surface area contributed by atoms with Gasteiger partial charge >= 0.3 is 0 Å². The van der Waals surface area contributed by atoms with Crippen LogP contribution in [0.25, 0.3) is 0 Å². The van der Waals surface area contributed by atoms with E-state index in [9.17, 15) is 0 Å². The number of nitrogens with one attached hydrogen (secondary N) is 2. The Hall–Kier alpha value is 0.350. The normalized spacial score (nSPS) is 9.74. The molecule has 0 spiro atoms. The number of halogens is 5. The van der Waals surface area contributed by atoms with Gasteiger partial charge in [0.2, 0.25) is 0 Å². The topological polar surface area (TPSA) is 53.3 Å². The molecule has 0 atom stereocenters. The average Bonchev–Trinajstić information content (AvgIpc) is 2.61. The summed E-state index contributed by atoms with van der Waals surface area (Å²) < 4.78 is 0. The molecule has 4 N–H and O–H groups in total. The van der Waals surface area contributed by atoms with Gasteiger partial charge in [-0.05, 0) is 63.1 Å². The smallest absolute Gasteiger partial charge is 0.0399 e. The number of rotatable bonds is 15. The maximum absolute atomic E-state index is 5.85. The van der Waals surface area contributed by atoms with Crippen molar-refractivity contribution in [1.29, 1.82) is 0 Å². The first-order chi connectivity index (χ1) is 11.8. The van der Waals surface area contributed by atoms with Crippen molar-refractivity contribution in [3.63, 3.8) is 0 Å². The van der Waals surface area contributed by atoms with E-state index in [-0.39, 0.29) is 37.2 Å². The Labute approximate surface area is 193 Å². The lowest BCUT2D eigenvalue weighted by Gasteiger charge is -2.23. The van der Waals surface area contributed by atoms with E-state index in [1.54, 1.807) is 0 Å². The van der Waals surface area contributed by atoms with E-state index in [1.165, 1.54) is 17.7 Å². The third kappa shape index (κ3) is 15.9. The quantitative estimate of drug-likeness (QED) is 0.260. The molecule has 0 saturated heterocycles. The van der Waals surface area contributed by atoms with Crippen molar-refractivity contribution in [2.75, 3.05) is 55.9 Å². The van der Waals surface area contributed by atoms with E-state index in [1.807, 2.05) is 0 Å². The minimum absolute atomic E-state index is 0. The first kappa shape index (κ1) is 32.0. The lowest BCUT2D eigenvalue weighted by Crippen LogP contribution is -2.27. The van der Waals surface area contributed by atoms with Crippen molar-refractivity contribution < 1.29 is 0 Å². The summed E-state index contributed by atoms with van der Waals surface area (Å²) in [5.41, 5.74) is 7.95. The second kappa shape index (κ2) is 22.6. The summed E-state index contributed by atoms with van der Waals surface area (Å²) in [5.74, 6) is 1.22. The fraction of sp³-hybridized carbons (Fsp3) is 0.667. The third-order valence-electron chi connectivity index (χ3n) is 3.85. The number of nitrogens with two attached hydrogens (primary N) is 1. The highest BCUT2D eigenvalue weighted by molar-refractivity contribution is 6.18. The van der Waals surface area contributed by atoms with Crippen LogP contribution in [0.3, 0.4) is 0 Å². The summed E-state index contributed by atoms with van der Waals surface area (Å²) in [6.45, 7) is 6.49. The molecule has 9 heteroatoms. The second-order valence-corrected chi connectivity index (χ2v) is 6.56. The number of nitrogens with zero attached hydrogens (tertiary/aromatic N) is 1. The number of benzene rings is 1. The second-order valence-electron chi connectivity index (χ2n) is 5.81. The van der Waals surface area contributed by atoms with Crippen molar-refractivity contribution >= 4 is 66.1 Å². The Kier molecular flexibility index (Phi) is 26.9. The van der Waals surface area contributed by atoms with E-state index in [0.29, 0.717) is 11.8 Å². The van der Waals surface area contributed by atoms with E-state index < -0.39 is 0 Å². The third-order valence-corrected chi connectivity index (χ3v) is 4.19. The predicted molar refractivity (Wildman–Crippen MR) is 129 cm³/mol. The lowest BCUT2D eigenvalue weighted by atomic mass is 10.2. The molecule has 162 valence electrons. The van der Waals surface area contributed by atoms with Crippen LogP contribution in [0.15, 0.2) is 24.3 Å². The monoisotopic (exact) mass is 482 g/mol. The van der Waals surface area contributed by atoms with Crippen LogP contribution >= 0.6 is 60.4 Å². The summed E-state index contributed by atoms with van der Waals surface area (Å²) in [6.07, 6.45) is 3.41. The largest absolute Gasteiger partial charge is 0.369 e. The highest BCUT2D eigenvalue weighted by atomic mass is 35.5. The zero-order valence-electron chi connectivity index (χ0n) is 15.8. The molecular formula is C18H35Cl5N4. The predicted octanol–water partition coefficient (Wildman–Crippen LogP) is 4.04. The van der Waals surface area contributed by atoms with Crippen LogP contribution in [0, 0.1) is 0 Å². The molecule has 0 saturated carbocycles. The standard InChI is InChI=1S/C18H32Cl2N4.3ClH/c19-8-14-24(15-9-20)18-6-4-17(5-7-18)16-23-13-3-12-22-11-2-1-10-21;;;/h4-7,22-23H,1-3,8-16,21H2;3*1H. The van der Waals surface area contributed by atoms with Gasteiger partial charge in [0.25, 0.3) is 0 Å². The maximum Gasteiger partial charge on any atom is 0.0399 e. The van der Waals surface area contributed by atoms with Gasteiger partial charge in [0.15, 0.2) is 0 Å². The molecule has 0 aromatic heterocycles. The van der Waals surface area contributed by atoms with E-state index in [2.05, 4.69) is 39.8 Å². The van der Waals surface area contributed by atoms with Gasteiger partial charge in [0, 0.05) is 37.1 Å². The zero-order valence-corrected chi connectivity index (χ0v) is 19.8. The number of alkyl halides is 2. The van der Waals surface area contributed by atoms with Crippen LogP contribution < -0.4 is 21.3 Å². The highest BCUT2D eigenvalue weighted by Gasteiger charge is 2.05. The fourth-order valence-electron chi connectivity index (χ4n) is 2.49. The summed E-state index contributed by atoms with van der Waals surface area (Å²) >= 11 is 11.7. The molecule has 0 amide bonds. The molecule has 0 unspecified atom stereocenters. The van der Waals surface area contributed by atoms with Gasteiger partial charge in [-0.25, -0.2) is 0 Å². The van der Waals surface area contributed by atoms with Crippen LogP contribution in [-0.2, 0) is 6.54 Å². The molecule has 1 aromatic rings.